The number of nitrogens with zero attached hydrogens (tertiary/aromatic N) is 2. The summed E-state index contributed by atoms with van der Waals surface area (Å²) in [6, 6.07) is 6.94. The van der Waals surface area contributed by atoms with E-state index in [9.17, 15) is 23.1 Å². The van der Waals surface area contributed by atoms with Crippen LogP contribution in [-0.4, -0.2) is 41.9 Å². The molecule has 2 aromatic rings. The number of carboxylic acids is 2. The molecule has 2 aromatic carbocycles. The lowest BCUT2D eigenvalue weighted by Gasteiger charge is -2.07. The van der Waals surface area contributed by atoms with Crippen molar-refractivity contribution in [1.29, 1.82) is 0 Å². The lowest BCUT2D eigenvalue weighted by molar-refractivity contribution is 0.0683. The second-order valence-electron chi connectivity index (χ2n) is 4.98. The maximum absolute atomic E-state index is 11.3. The molecule has 11 heteroatoms. The summed E-state index contributed by atoms with van der Waals surface area (Å²) in [4.78, 5) is 22.1. The van der Waals surface area contributed by atoms with Crippen LogP contribution in [0.2, 0.25) is 0 Å². The molecule has 0 saturated heterocycles. The predicted octanol–water partition coefficient (Wildman–Crippen LogP) is 2.54. The Labute approximate surface area is 147 Å². The van der Waals surface area contributed by atoms with E-state index in [4.69, 9.17) is 10.2 Å². The SMILES string of the molecule is CS(=O)(=O)Oc1cc(N=Nc2ccc(O)c(C(=O)O)c2)ccc1C(=O)O. The van der Waals surface area contributed by atoms with E-state index in [1.165, 1.54) is 12.1 Å². The van der Waals surface area contributed by atoms with Crippen LogP contribution in [0.4, 0.5) is 11.4 Å². The van der Waals surface area contributed by atoms with Crippen molar-refractivity contribution in [2.75, 3.05) is 6.26 Å². The van der Waals surface area contributed by atoms with Gasteiger partial charge in [-0.05, 0) is 30.3 Å². The average Bonchev–Trinajstić information content (AvgIpc) is 2.52. The molecule has 3 N–H and O–H groups in total. The summed E-state index contributed by atoms with van der Waals surface area (Å²) < 4.78 is 27.1. The highest BCUT2D eigenvalue weighted by Gasteiger charge is 2.16. The number of carboxylic acid groups (broad SMARTS) is 2. The van der Waals surface area contributed by atoms with Crippen LogP contribution in [0.5, 0.6) is 11.5 Å². The van der Waals surface area contributed by atoms with E-state index >= 15 is 0 Å². The van der Waals surface area contributed by atoms with Crippen molar-refractivity contribution in [3.63, 3.8) is 0 Å². The van der Waals surface area contributed by atoms with Gasteiger partial charge in [-0.3, -0.25) is 0 Å². The molecule has 2 rings (SSSR count). The normalized spacial score (nSPS) is 11.4. The number of hydrogen-bond acceptors (Lipinski definition) is 8. The number of aromatic carboxylic acids is 2. The Morgan fingerprint density at radius 3 is 2.00 bits per heavy atom. The van der Waals surface area contributed by atoms with Crippen molar-refractivity contribution in [3.05, 3.63) is 47.5 Å². The van der Waals surface area contributed by atoms with Gasteiger partial charge in [-0.15, -0.1) is 0 Å². The number of rotatable bonds is 6. The summed E-state index contributed by atoms with van der Waals surface area (Å²) in [6.07, 6.45) is 0.761. The van der Waals surface area contributed by atoms with E-state index in [2.05, 4.69) is 14.4 Å². The molecule has 0 amide bonds. The molecular formula is C15H12N2O8S. The van der Waals surface area contributed by atoms with Crippen LogP contribution in [0, 0.1) is 0 Å². The number of benzene rings is 2. The molecule has 0 spiro atoms. The van der Waals surface area contributed by atoms with E-state index < -0.39 is 33.6 Å². The molecule has 0 radical (unpaired) electrons. The van der Waals surface area contributed by atoms with Gasteiger partial charge in [0.15, 0.2) is 5.75 Å². The molecule has 10 nitrogen and oxygen atoms in total. The van der Waals surface area contributed by atoms with Crippen molar-refractivity contribution >= 4 is 33.4 Å². The third kappa shape index (κ3) is 4.77. The molecule has 0 unspecified atom stereocenters. The molecule has 26 heavy (non-hydrogen) atoms. The number of carbonyl (C=O) groups is 2. The minimum atomic E-state index is -3.97. The summed E-state index contributed by atoms with van der Waals surface area (Å²) in [5.74, 6) is -3.62. The van der Waals surface area contributed by atoms with Crippen LogP contribution in [0.25, 0.3) is 0 Å². The topological polar surface area (TPSA) is 163 Å². The minimum Gasteiger partial charge on any atom is -0.507 e. The second-order valence-corrected chi connectivity index (χ2v) is 6.55. The fraction of sp³-hybridized carbons (Fsp3) is 0.0667. The largest absolute Gasteiger partial charge is 0.507 e. The molecule has 0 fully saturated rings. The van der Waals surface area contributed by atoms with Gasteiger partial charge in [0.1, 0.15) is 16.9 Å². The van der Waals surface area contributed by atoms with E-state index in [0.29, 0.717) is 0 Å². The highest BCUT2D eigenvalue weighted by Crippen LogP contribution is 2.29. The lowest BCUT2D eigenvalue weighted by Crippen LogP contribution is -2.09. The van der Waals surface area contributed by atoms with E-state index in [0.717, 1.165) is 30.5 Å². The first kappa shape index (κ1) is 18.9. The zero-order valence-corrected chi connectivity index (χ0v) is 14.0. The summed E-state index contributed by atoms with van der Waals surface area (Å²) in [6.45, 7) is 0. The Hall–Kier alpha value is -3.47. The predicted molar refractivity (Wildman–Crippen MR) is 88.1 cm³/mol. The minimum absolute atomic E-state index is 0.0681. The van der Waals surface area contributed by atoms with Gasteiger partial charge in [0.25, 0.3) is 0 Å². The Kier molecular flexibility index (Phi) is 5.22. The maximum Gasteiger partial charge on any atom is 0.339 e. The molecular weight excluding hydrogens is 368 g/mol. The van der Waals surface area contributed by atoms with Crippen LogP contribution in [0.1, 0.15) is 20.7 Å². The highest BCUT2D eigenvalue weighted by atomic mass is 32.2. The van der Waals surface area contributed by atoms with Gasteiger partial charge >= 0.3 is 22.1 Å². The Morgan fingerprint density at radius 2 is 1.46 bits per heavy atom. The molecule has 0 bridgehead atoms. The quantitative estimate of drug-likeness (QED) is 0.508. The van der Waals surface area contributed by atoms with Crippen molar-refractivity contribution in [1.82, 2.24) is 0 Å². The Morgan fingerprint density at radius 1 is 0.923 bits per heavy atom. The highest BCUT2D eigenvalue weighted by molar-refractivity contribution is 7.86. The molecule has 0 saturated carbocycles. The molecule has 136 valence electrons. The fourth-order valence-electron chi connectivity index (χ4n) is 1.85. The molecule has 0 heterocycles. The van der Waals surface area contributed by atoms with Gasteiger partial charge in [-0.1, -0.05) is 0 Å². The maximum atomic E-state index is 11.3. The lowest BCUT2D eigenvalue weighted by atomic mass is 10.2. The van der Waals surface area contributed by atoms with Gasteiger partial charge < -0.3 is 19.5 Å². The molecule has 0 aliphatic rings. The smallest absolute Gasteiger partial charge is 0.339 e. The summed E-state index contributed by atoms with van der Waals surface area (Å²) in [7, 11) is -3.97. The van der Waals surface area contributed by atoms with Crippen LogP contribution >= 0.6 is 0 Å². The monoisotopic (exact) mass is 380 g/mol. The molecule has 0 aliphatic heterocycles. The van der Waals surface area contributed by atoms with Crippen molar-refractivity contribution in [3.8, 4) is 11.5 Å². The van der Waals surface area contributed by atoms with Gasteiger partial charge in [0.2, 0.25) is 0 Å². The van der Waals surface area contributed by atoms with Gasteiger partial charge in [0, 0.05) is 6.07 Å². The van der Waals surface area contributed by atoms with Crippen LogP contribution in [0.15, 0.2) is 46.6 Å². The first-order valence-corrected chi connectivity index (χ1v) is 8.63. The number of azo groups is 1. The number of hydrogen-bond donors (Lipinski definition) is 3. The standard InChI is InChI=1S/C15H12N2O8S/c1-26(23,24)25-13-7-9(2-4-10(13)14(19)20)17-16-8-3-5-12(18)11(6-8)15(21)22/h2-7,18H,1H3,(H,19,20)(H,21,22). The zero-order valence-electron chi connectivity index (χ0n) is 13.1. The molecule has 0 aliphatic carbocycles. The Balaban J connectivity index is 2.39. The summed E-state index contributed by atoms with van der Waals surface area (Å²) in [5, 5.41) is 35.0. The second kappa shape index (κ2) is 7.19. The van der Waals surface area contributed by atoms with E-state index in [1.807, 2.05) is 0 Å². The number of phenols is 1. The van der Waals surface area contributed by atoms with Crippen LogP contribution in [0.3, 0.4) is 0 Å². The average molecular weight is 380 g/mol. The summed E-state index contributed by atoms with van der Waals surface area (Å²) >= 11 is 0. The first-order chi connectivity index (χ1) is 12.1. The number of aromatic hydroxyl groups is 1. The Bertz CT molecular complexity index is 1010. The van der Waals surface area contributed by atoms with Crippen molar-refractivity contribution < 1.29 is 37.5 Å². The van der Waals surface area contributed by atoms with Gasteiger partial charge in [-0.25, -0.2) is 9.59 Å². The van der Waals surface area contributed by atoms with E-state index in [-0.39, 0.29) is 22.5 Å². The third-order valence-corrected chi connectivity index (χ3v) is 3.41. The van der Waals surface area contributed by atoms with E-state index in [1.54, 1.807) is 0 Å². The fourth-order valence-corrected chi connectivity index (χ4v) is 2.32. The van der Waals surface area contributed by atoms with Crippen molar-refractivity contribution in [2.45, 2.75) is 0 Å². The first-order valence-electron chi connectivity index (χ1n) is 6.81. The molecule has 0 aromatic heterocycles. The third-order valence-electron chi connectivity index (χ3n) is 2.93. The van der Waals surface area contributed by atoms with Gasteiger partial charge in [0.05, 0.1) is 17.6 Å². The van der Waals surface area contributed by atoms with Crippen LogP contribution in [-0.2, 0) is 10.1 Å². The van der Waals surface area contributed by atoms with Gasteiger partial charge in [-0.2, -0.15) is 18.6 Å². The zero-order chi connectivity index (χ0) is 19.5. The summed E-state index contributed by atoms with van der Waals surface area (Å²) in [5.41, 5.74) is -0.581. The van der Waals surface area contributed by atoms with Crippen LogP contribution < -0.4 is 4.18 Å². The van der Waals surface area contributed by atoms with Crippen molar-refractivity contribution in [2.24, 2.45) is 10.2 Å². The molecule has 0 atom stereocenters.